The molecule has 0 aromatic carbocycles. The van der Waals surface area contributed by atoms with E-state index in [0.717, 1.165) is 31.8 Å². The molecule has 0 bridgehead atoms. The van der Waals surface area contributed by atoms with Gasteiger partial charge in [-0.1, -0.05) is 96.8 Å². The summed E-state index contributed by atoms with van der Waals surface area (Å²) in [4.78, 5) is 15.7. The molecule has 1 rings (SSSR count). The number of hydrogen-bond donors (Lipinski definition) is 2. The second kappa shape index (κ2) is 17.7. The monoisotopic (exact) mass is 425 g/mol. The topological polar surface area (TPSA) is 69.9 Å². The summed E-state index contributed by atoms with van der Waals surface area (Å²) in [5.74, 6) is 0.364. The van der Waals surface area contributed by atoms with Crippen LogP contribution in [0.15, 0.2) is 4.99 Å². The van der Waals surface area contributed by atoms with Crippen molar-refractivity contribution in [3.63, 3.8) is 0 Å². The molecule has 1 aliphatic heterocycles. The van der Waals surface area contributed by atoms with Gasteiger partial charge in [0, 0.05) is 6.42 Å². The number of hydrogen-bond acceptors (Lipinski definition) is 3. The highest BCUT2D eigenvalue weighted by Crippen LogP contribution is 2.21. The van der Waals surface area contributed by atoms with Crippen molar-refractivity contribution >= 4 is 11.8 Å². The number of carboxylic acids is 1. The van der Waals surface area contributed by atoms with Gasteiger partial charge in [-0.15, -0.1) is 0 Å². The molecule has 0 saturated carbocycles. The first kappa shape index (κ1) is 27.1. The summed E-state index contributed by atoms with van der Waals surface area (Å²) in [5.41, 5.74) is 0. The van der Waals surface area contributed by atoms with Gasteiger partial charge in [0.25, 0.3) is 0 Å². The number of carboxylic acid groups (broad SMARTS) is 1. The van der Waals surface area contributed by atoms with Gasteiger partial charge >= 0.3 is 5.97 Å². The summed E-state index contributed by atoms with van der Waals surface area (Å²) in [7, 11) is 0. The molecule has 1 heterocycles. The summed E-state index contributed by atoms with van der Waals surface area (Å²) >= 11 is 0. The van der Waals surface area contributed by atoms with Crippen LogP contribution in [-0.4, -0.2) is 59.3 Å². The number of amidine groups is 1. The Labute approximate surface area is 185 Å². The lowest BCUT2D eigenvalue weighted by molar-refractivity contribution is -0.836. The summed E-state index contributed by atoms with van der Waals surface area (Å²) < 4.78 is 0.599. The van der Waals surface area contributed by atoms with Crippen LogP contribution >= 0.6 is 0 Å². The van der Waals surface area contributed by atoms with Gasteiger partial charge in [0.2, 0.25) is 0 Å². The zero-order valence-electron chi connectivity index (χ0n) is 19.8. The van der Waals surface area contributed by atoms with Crippen LogP contribution in [0.3, 0.4) is 0 Å². The van der Waals surface area contributed by atoms with E-state index in [1.54, 1.807) is 0 Å². The van der Waals surface area contributed by atoms with E-state index in [1.807, 2.05) is 0 Å². The smallest absolute Gasteiger partial charge is 0.309 e. The quantitative estimate of drug-likeness (QED) is 0.176. The van der Waals surface area contributed by atoms with E-state index in [-0.39, 0.29) is 13.0 Å². The number of unbranched alkanes of at least 4 members (excludes halogenated alkanes) is 14. The first-order valence-electron chi connectivity index (χ1n) is 12.9. The molecule has 0 aromatic heterocycles. The standard InChI is InChI=1S/C25H48N2O3/c1-2-3-4-5-6-7-8-9-10-11-12-13-14-15-16-17-24-26-19-21-27(24,22-23-28)20-18-25(29)30/h28H,2-23H2,1H3/p+1. The molecule has 1 aliphatic rings. The molecule has 0 saturated heterocycles. The highest BCUT2D eigenvalue weighted by Gasteiger charge is 2.37. The van der Waals surface area contributed by atoms with Gasteiger partial charge in [-0.3, -0.25) is 9.28 Å². The number of aliphatic hydroxyl groups excluding tert-OH is 1. The Hall–Kier alpha value is -0.940. The highest BCUT2D eigenvalue weighted by molar-refractivity contribution is 5.77. The van der Waals surface area contributed by atoms with E-state index in [0.29, 0.717) is 17.6 Å². The molecule has 0 spiro atoms. The number of carbonyl (C=O) groups is 1. The van der Waals surface area contributed by atoms with Crippen LogP contribution in [0.25, 0.3) is 0 Å². The van der Waals surface area contributed by atoms with Crippen LogP contribution < -0.4 is 0 Å². The molecular weight excluding hydrogens is 376 g/mol. The van der Waals surface area contributed by atoms with Gasteiger partial charge in [0.1, 0.15) is 13.1 Å². The van der Waals surface area contributed by atoms with Gasteiger partial charge in [0.05, 0.1) is 26.1 Å². The van der Waals surface area contributed by atoms with Crippen molar-refractivity contribution in [3.05, 3.63) is 0 Å². The molecule has 5 heteroatoms. The van der Waals surface area contributed by atoms with Crippen molar-refractivity contribution in [2.75, 3.05) is 32.8 Å². The minimum atomic E-state index is -0.760. The fraction of sp³-hybridized carbons (Fsp3) is 0.920. The normalized spacial score (nSPS) is 18.7. The number of nitrogens with zero attached hydrogens (tertiary/aromatic N) is 2. The van der Waals surface area contributed by atoms with Crippen LogP contribution in [-0.2, 0) is 4.79 Å². The summed E-state index contributed by atoms with van der Waals surface area (Å²) in [6, 6.07) is 0. The fourth-order valence-corrected chi connectivity index (χ4v) is 4.71. The van der Waals surface area contributed by atoms with Gasteiger partial charge < -0.3 is 10.2 Å². The van der Waals surface area contributed by atoms with Crippen molar-refractivity contribution < 1.29 is 19.5 Å². The predicted molar refractivity (Wildman–Crippen MR) is 126 cm³/mol. The average molecular weight is 426 g/mol. The Morgan fingerprint density at radius 1 is 0.833 bits per heavy atom. The Balaban J connectivity index is 2.01. The Kier molecular flexibility index (Phi) is 16.0. The van der Waals surface area contributed by atoms with Gasteiger partial charge in [-0.2, -0.15) is 0 Å². The van der Waals surface area contributed by atoms with E-state index in [2.05, 4.69) is 11.9 Å². The Bertz CT molecular complexity index is 467. The van der Waals surface area contributed by atoms with Crippen LogP contribution in [0.1, 0.15) is 116 Å². The highest BCUT2D eigenvalue weighted by atomic mass is 16.4. The summed E-state index contributed by atoms with van der Waals surface area (Å²) in [6.45, 7) is 5.16. The molecule has 30 heavy (non-hydrogen) atoms. The second-order valence-corrected chi connectivity index (χ2v) is 9.18. The third-order valence-corrected chi connectivity index (χ3v) is 6.66. The van der Waals surface area contributed by atoms with E-state index >= 15 is 0 Å². The van der Waals surface area contributed by atoms with Gasteiger partial charge in [0.15, 0.2) is 5.84 Å². The van der Waals surface area contributed by atoms with Crippen LogP contribution in [0, 0.1) is 0 Å². The number of rotatable bonds is 21. The van der Waals surface area contributed by atoms with Crippen molar-refractivity contribution in [1.29, 1.82) is 0 Å². The maximum absolute atomic E-state index is 11.0. The zero-order chi connectivity index (χ0) is 21.9. The fourth-order valence-electron chi connectivity index (χ4n) is 4.71. The van der Waals surface area contributed by atoms with Crippen LogP contribution in [0.4, 0.5) is 0 Å². The lowest BCUT2D eigenvalue weighted by Crippen LogP contribution is -2.53. The number of quaternary nitrogens is 1. The Morgan fingerprint density at radius 2 is 1.33 bits per heavy atom. The van der Waals surface area contributed by atoms with E-state index in [4.69, 9.17) is 5.11 Å². The summed E-state index contributed by atoms with van der Waals surface area (Å²) in [6.07, 6.45) is 21.5. The van der Waals surface area contributed by atoms with E-state index in [9.17, 15) is 9.90 Å². The molecule has 0 aliphatic carbocycles. The molecule has 1 unspecified atom stereocenters. The van der Waals surface area contributed by atoms with Crippen molar-refractivity contribution in [2.24, 2.45) is 4.99 Å². The van der Waals surface area contributed by atoms with Crippen molar-refractivity contribution in [2.45, 2.75) is 116 Å². The SMILES string of the molecule is CCCCCCCCCCCCCCCCCC1=NCC[N+]1(CCO)CCC(=O)O. The predicted octanol–water partition coefficient (Wildman–Crippen LogP) is 5.94. The maximum atomic E-state index is 11.0. The third-order valence-electron chi connectivity index (χ3n) is 6.66. The van der Waals surface area contributed by atoms with Crippen molar-refractivity contribution in [1.82, 2.24) is 0 Å². The van der Waals surface area contributed by atoms with E-state index < -0.39 is 5.97 Å². The number of aliphatic carboxylic acids is 1. The Morgan fingerprint density at radius 3 is 1.80 bits per heavy atom. The minimum absolute atomic E-state index is 0.0947. The van der Waals surface area contributed by atoms with Crippen LogP contribution in [0.2, 0.25) is 0 Å². The van der Waals surface area contributed by atoms with E-state index in [1.165, 1.54) is 89.9 Å². The lowest BCUT2D eigenvalue weighted by Gasteiger charge is -2.34. The van der Waals surface area contributed by atoms with Gasteiger partial charge in [-0.05, 0) is 6.42 Å². The molecule has 5 nitrogen and oxygen atoms in total. The molecule has 176 valence electrons. The number of aliphatic imine (C=N–C) groups is 1. The first-order valence-corrected chi connectivity index (χ1v) is 12.9. The van der Waals surface area contributed by atoms with Crippen LogP contribution in [0.5, 0.6) is 0 Å². The summed E-state index contributed by atoms with van der Waals surface area (Å²) in [5, 5.41) is 18.5. The molecule has 1 atom stereocenters. The largest absolute Gasteiger partial charge is 0.481 e. The average Bonchev–Trinajstić information content (AvgIpc) is 3.12. The number of aliphatic hydroxyl groups is 1. The molecule has 0 aromatic rings. The van der Waals surface area contributed by atoms with Gasteiger partial charge in [-0.25, -0.2) is 4.99 Å². The molecular formula is C25H49N2O3+. The minimum Gasteiger partial charge on any atom is -0.481 e. The molecule has 2 N–H and O–H groups in total. The third kappa shape index (κ3) is 12.0. The maximum Gasteiger partial charge on any atom is 0.309 e. The molecule has 0 fully saturated rings. The zero-order valence-corrected chi connectivity index (χ0v) is 19.8. The lowest BCUT2D eigenvalue weighted by atomic mass is 10.0. The molecule has 0 radical (unpaired) electrons. The molecule has 0 amide bonds. The second-order valence-electron chi connectivity index (χ2n) is 9.18. The first-order chi connectivity index (χ1) is 14.6. The van der Waals surface area contributed by atoms with Crippen molar-refractivity contribution in [3.8, 4) is 0 Å².